The highest BCUT2D eigenvalue weighted by Crippen LogP contribution is 2.60. The highest BCUT2D eigenvalue weighted by molar-refractivity contribution is 6.05. The molecule has 0 N–H and O–H groups in total. The lowest BCUT2D eigenvalue weighted by Gasteiger charge is -2.37. The van der Waals surface area contributed by atoms with Crippen LogP contribution in [0.4, 0.5) is 0 Å². The fraction of sp³-hybridized carbons (Fsp3) is 0.154. The van der Waals surface area contributed by atoms with Crippen molar-refractivity contribution in [3.05, 3.63) is 186 Å². The topological polar surface area (TPSA) is 62.5 Å². The number of nitrogens with zero attached hydrogens (tertiary/aromatic N) is 4. The molecule has 0 aliphatic heterocycles. The maximum absolute atomic E-state index is 9.80. The molecule has 6 aromatic carbocycles. The van der Waals surface area contributed by atoms with Gasteiger partial charge in [-0.2, -0.15) is 5.26 Å². The van der Waals surface area contributed by atoms with Crippen molar-refractivity contribution in [3.8, 4) is 62.5 Å². The summed E-state index contributed by atoms with van der Waals surface area (Å²) in [6.07, 6.45) is 10.7. The van der Waals surface area contributed by atoms with Gasteiger partial charge in [0.25, 0.3) is 0 Å². The molecule has 0 radical (unpaired) electrons. The Hall–Kier alpha value is -6.70. The molecule has 0 bridgehead atoms. The second kappa shape index (κ2) is 14.2. The zero-order valence-corrected chi connectivity index (χ0v) is 31.2. The van der Waals surface area contributed by atoms with Crippen LogP contribution in [-0.4, -0.2) is 15.0 Å². The Labute approximate surface area is 328 Å². The maximum Gasteiger partial charge on any atom is 0.164 e. The van der Waals surface area contributed by atoms with Crippen molar-refractivity contribution in [1.82, 2.24) is 15.0 Å². The van der Waals surface area contributed by atoms with Crippen LogP contribution in [0.15, 0.2) is 163 Å². The van der Waals surface area contributed by atoms with Gasteiger partial charge in [-0.15, -0.1) is 0 Å². The molecule has 10 rings (SSSR count). The molecule has 7 aromatic rings. The minimum Gasteiger partial charge on any atom is -0.208 e. The van der Waals surface area contributed by atoms with Crippen molar-refractivity contribution in [2.24, 2.45) is 0 Å². The van der Waals surface area contributed by atoms with Gasteiger partial charge in [-0.25, -0.2) is 15.0 Å². The van der Waals surface area contributed by atoms with Crippen LogP contribution in [0.1, 0.15) is 67.2 Å². The van der Waals surface area contributed by atoms with Crippen molar-refractivity contribution in [1.29, 1.82) is 5.26 Å². The van der Waals surface area contributed by atoms with E-state index in [4.69, 9.17) is 15.0 Å². The molecule has 4 heteroatoms. The van der Waals surface area contributed by atoms with E-state index in [-0.39, 0.29) is 5.41 Å². The standard InChI is InChI=1S/C52H40N4/c53-34-35-17-30-45-47(33-35)52(31-8-3-9-32-52)46-16-10-15-44(48(45)46)40-24-18-38(19-25-40)39-22-28-43(29-23-39)51-55-49(41-13-6-2-7-14-41)54-50(56-51)42-26-20-37(21-27-42)36-11-4-1-5-12-36/h1-2,4-7,11-14,16-30,33H,3,8-10,15,31-32H2. The molecule has 0 amide bonds. The third kappa shape index (κ3) is 5.97. The van der Waals surface area contributed by atoms with Crippen LogP contribution in [-0.2, 0) is 5.41 Å². The Bertz CT molecular complexity index is 2680. The molecule has 3 aliphatic carbocycles. The number of hydrogen-bond donors (Lipinski definition) is 0. The third-order valence-corrected chi connectivity index (χ3v) is 12.1. The van der Waals surface area contributed by atoms with E-state index >= 15 is 0 Å². The van der Waals surface area contributed by atoms with Gasteiger partial charge in [-0.1, -0.05) is 165 Å². The summed E-state index contributed by atoms with van der Waals surface area (Å²) in [6.45, 7) is 0. The van der Waals surface area contributed by atoms with Gasteiger partial charge in [0.15, 0.2) is 17.5 Å². The minimum atomic E-state index is 0.0529. The molecule has 4 nitrogen and oxygen atoms in total. The van der Waals surface area contributed by atoms with Gasteiger partial charge >= 0.3 is 0 Å². The first-order valence-corrected chi connectivity index (χ1v) is 19.8. The van der Waals surface area contributed by atoms with Crippen LogP contribution in [0, 0.1) is 11.3 Å². The molecule has 1 aromatic heterocycles. The molecular formula is C52H40N4. The number of rotatable bonds is 6. The van der Waals surface area contributed by atoms with Crippen LogP contribution in [0.25, 0.3) is 67.6 Å². The summed E-state index contributed by atoms with van der Waals surface area (Å²) in [6, 6.07) is 55.5. The van der Waals surface area contributed by atoms with Crippen molar-refractivity contribution < 1.29 is 0 Å². The molecule has 0 unspecified atom stereocenters. The Balaban J connectivity index is 0.965. The Kier molecular flexibility index (Phi) is 8.57. The first-order valence-electron chi connectivity index (χ1n) is 19.8. The predicted octanol–water partition coefficient (Wildman–Crippen LogP) is 12.9. The monoisotopic (exact) mass is 720 g/mol. The quantitative estimate of drug-likeness (QED) is 0.172. The average molecular weight is 721 g/mol. The Morgan fingerprint density at radius 2 is 0.946 bits per heavy atom. The molecule has 56 heavy (non-hydrogen) atoms. The lowest BCUT2D eigenvalue weighted by Crippen LogP contribution is -2.28. The van der Waals surface area contributed by atoms with E-state index in [1.165, 1.54) is 76.6 Å². The van der Waals surface area contributed by atoms with Gasteiger partial charge in [-0.05, 0) is 93.5 Å². The second-order valence-electron chi connectivity index (χ2n) is 15.3. The van der Waals surface area contributed by atoms with Crippen LogP contribution >= 0.6 is 0 Å². The molecule has 1 saturated carbocycles. The summed E-state index contributed by atoms with van der Waals surface area (Å²) in [5, 5.41) is 9.80. The van der Waals surface area contributed by atoms with E-state index < -0.39 is 0 Å². The van der Waals surface area contributed by atoms with Crippen molar-refractivity contribution in [2.75, 3.05) is 0 Å². The first kappa shape index (κ1) is 33.8. The molecular weight excluding hydrogens is 681 g/mol. The molecule has 1 fully saturated rings. The lowest BCUT2D eigenvalue weighted by atomic mass is 9.66. The summed E-state index contributed by atoms with van der Waals surface area (Å²) in [4.78, 5) is 14.9. The van der Waals surface area contributed by atoms with Crippen molar-refractivity contribution in [3.63, 3.8) is 0 Å². The van der Waals surface area contributed by atoms with Gasteiger partial charge in [0, 0.05) is 22.1 Å². The number of aromatic nitrogens is 3. The van der Waals surface area contributed by atoms with Gasteiger partial charge in [0.2, 0.25) is 0 Å². The summed E-state index contributed by atoms with van der Waals surface area (Å²) in [7, 11) is 0. The van der Waals surface area contributed by atoms with Crippen LogP contribution in [0.3, 0.4) is 0 Å². The smallest absolute Gasteiger partial charge is 0.164 e. The normalized spacial score (nSPS) is 15.5. The largest absolute Gasteiger partial charge is 0.208 e. The Morgan fingerprint density at radius 1 is 0.482 bits per heavy atom. The SMILES string of the molecule is N#Cc1ccc2c(c1)C1(CCCCC1)C1=CCCC(c3ccc(-c4ccc(-c5nc(-c6ccccc6)nc(-c6ccc(-c7ccccc7)cc6)n5)cc4)cc3)=C12. The van der Waals surface area contributed by atoms with Crippen molar-refractivity contribution in [2.45, 2.75) is 50.4 Å². The lowest BCUT2D eigenvalue weighted by molar-refractivity contribution is 0.352. The van der Waals surface area contributed by atoms with E-state index in [2.05, 4.69) is 121 Å². The highest BCUT2D eigenvalue weighted by Gasteiger charge is 2.47. The first-order chi connectivity index (χ1) is 27.7. The number of fused-ring (bicyclic) bond motifs is 5. The van der Waals surface area contributed by atoms with E-state index in [1.807, 2.05) is 42.5 Å². The van der Waals surface area contributed by atoms with Crippen LogP contribution in [0.5, 0.6) is 0 Å². The summed E-state index contributed by atoms with van der Waals surface area (Å²) >= 11 is 0. The zero-order chi connectivity index (χ0) is 37.5. The van der Waals surface area contributed by atoms with Crippen LogP contribution in [0.2, 0.25) is 0 Å². The van der Waals surface area contributed by atoms with Crippen LogP contribution < -0.4 is 0 Å². The molecule has 0 saturated heterocycles. The fourth-order valence-electron chi connectivity index (χ4n) is 9.32. The molecule has 1 heterocycles. The Morgan fingerprint density at radius 3 is 1.48 bits per heavy atom. The number of hydrogen-bond acceptors (Lipinski definition) is 4. The second-order valence-corrected chi connectivity index (χ2v) is 15.3. The van der Waals surface area contributed by atoms with Gasteiger partial charge in [0.1, 0.15) is 0 Å². The van der Waals surface area contributed by atoms with Crippen molar-refractivity contribution >= 4 is 11.1 Å². The van der Waals surface area contributed by atoms with E-state index in [1.54, 1.807) is 0 Å². The third-order valence-electron chi connectivity index (χ3n) is 12.1. The number of nitriles is 1. The predicted molar refractivity (Wildman–Crippen MR) is 227 cm³/mol. The van der Waals surface area contributed by atoms with Gasteiger partial charge in [0.05, 0.1) is 11.6 Å². The van der Waals surface area contributed by atoms with Gasteiger partial charge < -0.3 is 0 Å². The highest BCUT2D eigenvalue weighted by atomic mass is 15.0. The van der Waals surface area contributed by atoms with E-state index in [9.17, 15) is 5.26 Å². The number of allylic oxidation sites excluding steroid dienone is 4. The summed E-state index contributed by atoms with van der Waals surface area (Å²) in [5.74, 6) is 1.94. The van der Waals surface area contributed by atoms with E-state index in [0.29, 0.717) is 17.5 Å². The zero-order valence-electron chi connectivity index (χ0n) is 31.2. The molecule has 0 atom stereocenters. The maximum atomic E-state index is 9.80. The molecule has 3 aliphatic rings. The summed E-state index contributed by atoms with van der Waals surface area (Å²) in [5.41, 5.74) is 16.7. The van der Waals surface area contributed by atoms with E-state index in [0.717, 1.165) is 46.2 Å². The number of benzene rings is 6. The molecule has 268 valence electrons. The fourth-order valence-corrected chi connectivity index (χ4v) is 9.32. The molecule has 1 spiro atoms. The minimum absolute atomic E-state index is 0.0529. The average Bonchev–Trinajstić information content (AvgIpc) is 3.55. The summed E-state index contributed by atoms with van der Waals surface area (Å²) < 4.78 is 0. The van der Waals surface area contributed by atoms with Gasteiger partial charge in [-0.3, -0.25) is 0 Å².